The number of ether oxygens (including phenoxy) is 2. The molecule has 0 bridgehead atoms. The Bertz CT molecular complexity index is 1500. The fraction of sp³-hybridized carbons (Fsp3) is 0.250. The average Bonchev–Trinajstić information content (AvgIpc) is 3.33. The maximum absolute atomic E-state index is 11.6. The zero-order valence-electron chi connectivity index (χ0n) is 21.7. The van der Waals surface area contributed by atoms with Gasteiger partial charge in [-0.05, 0) is 53.9 Å². The van der Waals surface area contributed by atoms with Gasteiger partial charge in [0, 0.05) is 22.3 Å². The van der Waals surface area contributed by atoms with E-state index in [0.29, 0.717) is 26.4 Å². The average molecular weight is 591 g/mol. The maximum Gasteiger partial charge on any atom is 0.173 e. The minimum Gasteiger partial charge on any atom is -0.496 e. The number of nitrogens with zero attached hydrogens (tertiary/aromatic N) is 2. The minimum atomic E-state index is -1.59. The number of thioether (sulfide) groups is 1. The van der Waals surface area contributed by atoms with E-state index in [1.165, 1.54) is 0 Å². The summed E-state index contributed by atoms with van der Waals surface area (Å²) in [6.07, 6.45) is 1.90. The Morgan fingerprint density at radius 3 is 2.39 bits per heavy atom. The van der Waals surface area contributed by atoms with E-state index in [-0.39, 0.29) is 0 Å². The summed E-state index contributed by atoms with van der Waals surface area (Å²) < 4.78 is 24.9. The second kappa shape index (κ2) is 11.7. The number of hydrogen-bond acceptors (Lipinski definition) is 5. The van der Waals surface area contributed by atoms with Crippen LogP contribution in [0.3, 0.4) is 0 Å². The Labute approximate surface area is 240 Å². The summed E-state index contributed by atoms with van der Waals surface area (Å²) in [5, 5.41) is 7.37. The van der Waals surface area contributed by atoms with Crippen molar-refractivity contribution in [3.05, 3.63) is 93.2 Å². The fourth-order valence-electron chi connectivity index (χ4n) is 4.18. The highest BCUT2D eigenvalue weighted by molar-refractivity contribution is 7.98. The molecule has 0 amide bonds. The number of rotatable bonds is 9. The lowest BCUT2D eigenvalue weighted by atomic mass is 9.81. The maximum atomic E-state index is 11.6. The fourth-order valence-corrected chi connectivity index (χ4v) is 6.20. The number of aromatic nitrogens is 2. The molecule has 0 fully saturated rings. The number of imidazole rings is 1. The lowest BCUT2D eigenvalue weighted by molar-refractivity contribution is 0.411. The Balaban J connectivity index is 1.80. The van der Waals surface area contributed by atoms with Crippen molar-refractivity contribution in [1.29, 1.82) is 0 Å². The first-order valence-electron chi connectivity index (χ1n) is 11.7. The molecule has 1 atom stereocenters. The molecule has 2 N–H and O–H groups in total. The standard InChI is InChI=1S/C28H29Cl2N3O3S2/c1-17-6-9-20(13-24(17)35-4)33-26(28(2,3)19-8-11-22(29)25(12-19)36-5)15-32-27(33)37-16-18-7-10-21(38(31)34)14-23(18)30/h6-15H,16,31H2,1-5H3. The molecule has 200 valence electrons. The molecule has 4 aromatic rings. The second-order valence-electron chi connectivity index (χ2n) is 9.23. The van der Waals surface area contributed by atoms with Crippen LogP contribution in [0.15, 0.2) is 70.8 Å². The summed E-state index contributed by atoms with van der Waals surface area (Å²) in [5.74, 6) is 1.97. The van der Waals surface area contributed by atoms with E-state index in [1.807, 2.05) is 49.5 Å². The first-order chi connectivity index (χ1) is 18.1. The van der Waals surface area contributed by atoms with Gasteiger partial charge < -0.3 is 9.47 Å². The van der Waals surface area contributed by atoms with Gasteiger partial charge in [-0.3, -0.25) is 4.57 Å². The molecule has 0 saturated heterocycles. The Hall–Kier alpha value is -2.49. The highest BCUT2D eigenvalue weighted by Gasteiger charge is 2.30. The van der Waals surface area contributed by atoms with Crippen molar-refractivity contribution in [3.63, 3.8) is 0 Å². The van der Waals surface area contributed by atoms with E-state index in [4.69, 9.17) is 42.8 Å². The minimum absolute atomic E-state index is 0.452. The Kier molecular flexibility index (Phi) is 8.79. The van der Waals surface area contributed by atoms with Crippen LogP contribution >= 0.6 is 35.0 Å². The molecule has 38 heavy (non-hydrogen) atoms. The Morgan fingerprint density at radius 1 is 1.00 bits per heavy atom. The molecule has 6 nitrogen and oxygen atoms in total. The van der Waals surface area contributed by atoms with Gasteiger partial charge in [-0.25, -0.2) is 14.3 Å². The largest absolute Gasteiger partial charge is 0.496 e. The smallest absolute Gasteiger partial charge is 0.173 e. The summed E-state index contributed by atoms with van der Waals surface area (Å²) in [7, 11) is 1.69. The number of halogens is 2. The molecule has 0 aliphatic carbocycles. The molecule has 0 radical (unpaired) electrons. The predicted octanol–water partition coefficient (Wildman–Crippen LogP) is 7.10. The molecule has 4 rings (SSSR count). The first kappa shape index (κ1) is 28.5. The summed E-state index contributed by atoms with van der Waals surface area (Å²) in [4.78, 5) is 5.31. The van der Waals surface area contributed by atoms with E-state index < -0.39 is 16.4 Å². The molecular formula is C28H29Cl2N3O3S2. The number of hydrogen-bond donors (Lipinski definition) is 1. The van der Waals surface area contributed by atoms with Gasteiger partial charge in [0.15, 0.2) is 5.16 Å². The lowest BCUT2D eigenvalue weighted by Crippen LogP contribution is -2.23. The van der Waals surface area contributed by atoms with Crippen molar-refractivity contribution in [1.82, 2.24) is 9.55 Å². The summed E-state index contributed by atoms with van der Waals surface area (Å²) in [5.41, 5.74) is 4.42. The molecular weight excluding hydrogens is 561 g/mol. The van der Waals surface area contributed by atoms with E-state index in [2.05, 4.69) is 24.5 Å². The van der Waals surface area contributed by atoms with Gasteiger partial charge in [0.05, 0.1) is 41.7 Å². The van der Waals surface area contributed by atoms with Crippen LogP contribution in [0.5, 0.6) is 11.5 Å². The third-order valence-electron chi connectivity index (χ3n) is 6.51. The van der Waals surface area contributed by atoms with Crippen LogP contribution in [-0.2, 0) is 22.2 Å². The van der Waals surface area contributed by atoms with Crippen LogP contribution in [0, 0.1) is 6.92 Å². The highest BCUT2D eigenvalue weighted by atomic mass is 35.5. The molecule has 1 aromatic heterocycles. The number of nitrogens with two attached hydrogens (primary N) is 1. The van der Waals surface area contributed by atoms with Gasteiger partial charge in [-0.1, -0.05) is 67.0 Å². The molecule has 0 aliphatic rings. The van der Waals surface area contributed by atoms with Gasteiger partial charge in [-0.2, -0.15) is 0 Å². The third kappa shape index (κ3) is 5.75. The number of methoxy groups -OCH3 is 2. The SMILES string of the molecule is COc1cc(-n2c(C(C)(C)c3ccc(Cl)c(OC)c3)cnc2SCc2ccc(S(N)=O)cc2Cl)ccc1C. The van der Waals surface area contributed by atoms with Crippen LogP contribution in [0.1, 0.15) is 36.2 Å². The van der Waals surface area contributed by atoms with Crippen LogP contribution < -0.4 is 14.6 Å². The van der Waals surface area contributed by atoms with Gasteiger partial charge >= 0.3 is 0 Å². The zero-order valence-corrected chi connectivity index (χ0v) is 24.9. The first-order valence-corrected chi connectivity index (χ1v) is 14.7. The van der Waals surface area contributed by atoms with Crippen LogP contribution in [0.4, 0.5) is 0 Å². The van der Waals surface area contributed by atoms with E-state index in [0.717, 1.165) is 39.0 Å². The zero-order chi connectivity index (χ0) is 27.6. The van der Waals surface area contributed by atoms with Gasteiger partial charge in [0.1, 0.15) is 22.5 Å². The second-order valence-corrected chi connectivity index (χ2v) is 12.1. The quantitative estimate of drug-likeness (QED) is 0.210. The van der Waals surface area contributed by atoms with E-state index in [9.17, 15) is 4.21 Å². The van der Waals surface area contributed by atoms with E-state index >= 15 is 0 Å². The lowest BCUT2D eigenvalue weighted by Gasteiger charge is -2.28. The molecule has 10 heteroatoms. The molecule has 1 heterocycles. The topological polar surface area (TPSA) is 79.4 Å². The van der Waals surface area contributed by atoms with Crippen molar-refractivity contribution >= 4 is 45.9 Å². The van der Waals surface area contributed by atoms with Crippen molar-refractivity contribution in [3.8, 4) is 17.2 Å². The molecule has 0 spiro atoms. The van der Waals surface area contributed by atoms with Gasteiger partial charge in [0.2, 0.25) is 0 Å². The summed E-state index contributed by atoms with van der Waals surface area (Å²) in [6, 6.07) is 17.2. The normalized spacial score (nSPS) is 12.4. The number of benzene rings is 3. The molecule has 0 aliphatic heterocycles. The highest BCUT2D eigenvalue weighted by Crippen LogP contribution is 2.40. The molecule has 3 aromatic carbocycles. The summed E-state index contributed by atoms with van der Waals surface area (Å²) >= 11 is 14.4. The van der Waals surface area contributed by atoms with Crippen LogP contribution in [0.2, 0.25) is 10.0 Å². The van der Waals surface area contributed by atoms with Crippen molar-refractivity contribution in [2.24, 2.45) is 5.14 Å². The van der Waals surface area contributed by atoms with Gasteiger partial charge in [0.25, 0.3) is 0 Å². The molecule has 1 unspecified atom stereocenters. The summed E-state index contributed by atoms with van der Waals surface area (Å²) in [6.45, 7) is 6.30. The monoisotopic (exact) mass is 589 g/mol. The van der Waals surface area contributed by atoms with Crippen molar-refractivity contribution < 1.29 is 13.7 Å². The molecule has 0 saturated carbocycles. The van der Waals surface area contributed by atoms with E-state index in [1.54, 1.807) is 38.1 Å². The predicted molar refractivity (Wildman–Crippen MR) is 157 cm³/mol. The van der Waals surface area contributed by atoms with Crippen LogP contribution in [0.25, 0.3) is 5.69 Å². The van der Waals surface area contributed by atoms with Crippen molar-refractivity contribution in [2.45, 2.75) is 42.0 Å². The van der Waals surface area contributed by atoms with Crippen molar-refractivity contribution in [2.75, 3.05) is 14.2 Å². The van der Waals surface area contributed by atoms with Gasteiger partial charge in [-0.15, -0.1) is 0 Å². The third-order valence-corrected chi connectivity index (χ3v) is 8.89. The van der Waals surface area contributed by atoms with Crippen LogP contribution in [-0.4, -0.2) is 28.0 Å². The number of aryl methyl sites for hydroxylation is 1. The Morgan fingerprint density at radius 2 is 1.74 bits per heavy atom.